The largest absolute Gasteiger partial charge is 0.480 e. The number of rotatable bonds is 6. The first-order valence-corrected chi connectivity index (χ1v) is 8.31. The van der Waals surface area contributed by atoms with Gasteiger partial charge in [-0.1, -0.05) is 36.8 Å². The van der Waals surface area contributed by atoms with Gasteiger partial charge in [-0.05, 0) is 44.8 Å². The molecular formula is C18H27ClN2O3. The molecule has 1 aliphatic heterocycles. The molecule has 0 aromatic heterocycles. The minimum absolute atomic E-state index is 0. The van der Waals surface area contributed by atoms with Crippen LogP contribution in [0.4, 0.5) is 0 Å². The van der Waals surface area contributed by atoms with Gasteiger partial charge in [0.25, 0.3) is 0 Å². The number of amides is 1. The Morgan fingerprint density at radius 2 is 1.83 bits per heavy atom. The highest BCUT2D eigenvalue weighted by Crippen LogP contribution is 2.20. The number of hydrogen-bond acceptors (Lipinski definition) is 3. The Kier molecular flexibility index (Phi) is 8.22. The molecule has 1 aliphatic rings. The minimum Gasteiger partial charge on any atom is -0.480 e. The van der Waals surface area contributed by atoms with Crippen molar-refractivity contribution < 1.29 is 14.7 Å². The monoisotopic (exact) mass is 354 g/mol. The van der Waals surface area contributed by atoms with E-state index in [9.17, 15) is 14.7 Å². The van der Waals surface area contributed by atoms with E-state index in [1.54, 1.807) is 0 Å². The van der Waals surface area contributed by atoms with E-state index in [1.807, 2.05) is 43.0 Å². The molecule has 1 unspecified atom stereocenters. The van der Waals surface area contributed by atoms with Gasteiger partial charge in [-0.3, -0.25) is 14.5 Å². The molecule has 1 saturated heterocycles. The van der Waals surface area contributed by atoms with Gasteiger partial charge in [0.05, 0.1) is 0 Å². The normalized spacial score (nSPS) is 16.9. The van der Waals surface area contributed by atoms with Crippen LogP contribution in [-0.4, -0.2) is 41.0 Å². The van der Waals surface area contributed by atoms with Crippen LogP contribution < -0.4 is 5.32 Å². The van der Waals surface area contributed by atoms with E-state index < -0.39 is 12.0 Å². The molecule has 1 heterocycles. The molecule has 2 rings (SSSR count). The Balaban J connectivity index is 0.00000288. The first-order chi connectivity index (χ1) is 11.0. The average molecular weight is 355 g/mol. The van der Waals surface area contributed by atoms with E-state index in [-0.39, 0.29) is 24.2 Å². The third kappa shape index (κ3) is 5.49. The predicted molar refractivity (Wildman–Crippen MR) is 96.3 cm³/mol. The number of aryl methyl sites for hydroxylation is 1. The molecule has 1 atom stereocenters. The number of carbonyl (C=O) groups excluding carboxylic acids is 1. The minimum atomic E-state index is -0.769. The maximum Gasteiger partial charge on any atom is 0.320 e. The number of nitrogens with one attached hydrogen (secondary N) is 1. The summed E-state index contributed by atoms with van der Waals surface area (Å²) in [6, 6.07) is 7.70. The molecule has 2 N–H and O–H groups in total. The molecule has 134 valence electrons. The molecule has 1 aromatic carbocycles. The van der Waals surface area contributed by atoms with Gasteiger partial charge in [0.15, 0.2) is 0 Å². The standard InChI is InChI=1S/C18H26N2O3.ClH/c1-3-16(18(22)23)20-10-8-15(9-11-20)17(21)19-12-14-6-4-13(2)5-7-14;/h4-7,15-16H,3,8-12H2,1-2H3,(H,19,21)(H,22,23);1H. The fourth-order valence-corrected chi connectivity index (χ4v) is 3.10. The smallest absolute Gasteiger partial charge is 0.320 e. The van der Waals surface area contributed by atoms with E-state index in [1.165, 1.54) is 5.56 Å². The van der Waals surface area contributed by atoms with E-state index in [2.05, 4.69) is 5.32 Å². The summed E-state index contributed by atoms with van der Waals surface area (Å²) in [5, 5.41) is 12.2. The van der Waals surface area contributed by atoms with Crippen molar-refractivity contribution in [3.8, 4) is 0 Å². The lowest BCUT2D eigenvalue weighted by Crippen LogP contribution is -2.47. The molecule has 1 amide bonds. The summed E-state index contributed by atoms with van der Waals surface area (Å²) in [6.07, 6.45) is 2.05. The number of likely N-dealkylation sites (tertiary alicyclic amines) is 1. The van der Waals surface area contributed by atoms with Crippen LogP contribution in [-0.2, 0) is 16.1 Å². The van der Waals surface area contributed by atoms with E-state index in [0.717, 1.165) is 18.4 Å². The van der Waals surface area contributed by atoms with Crippen molar-refractivity contribution in [2.45, 2.75) is 45.7 Å². The number of carbonyl (C=O) groups is 2. The van der Waals surface area contributed by atoms with E-state index in [0.29, 0.717) is 26.1 Å². The van der Waals surface area contributed by atoms with Crippen LogP contribution in [0.3, 0.4) is 0 Å². The van der Waals surface area contributed by atoms with Crippen molar-refractivity contribution in [3.05, 3.63) is 35.4 Å². The van der Waals surface area contributed by atoms with Crippen LogP contribution in [0.2, 0.25) is 0 Å². The van der Waals surface area contributed by atoms with Gasteiger partial charge in [0.1, 0.15) is 6.04 Å². The van der Waals surface area contributed by atoms with Gasteiger partial charge in [-0.15, -0.1) is 12.4 Å². The first kappa shape index (κ1) is 20.5. The number of carboxylic acids is 1. The predicted octanol–water partition coefficient (Wildman–Crippen LogP) is 2.61. The van der Waals surface area contributed by atoms with Gasteiger partial charge in [-0.2, -0.15) is 0 Å². The van der Waals surface area contributed by atoms with Crippen molar-refractivity contribution >= 4 is 24.3 Å². The molecule has 6 heteroatoms. The van der Waals surface area contributed by atoms with E-state index in [4.69, 9.17) is 0 Å². The Morgan fingerprint density at radius 3 is 2.33 bits per heavy atom. The fraction of sp³-hybridized carbons (Fsp3) is 0.556. The van der Waals surface area contributed by atoms with Gasteiger partial charge < -0.3 is 10.4 Å². The zero-order valence-electron chi connectivity index (χ0n) is 14.3. The van der Waals surface area contributed by atoms with Crippen LogP contribution >= 0.6 is 12.4 Å². The van der Waals surface area contributed by atoms with Crippen LogP contribution in [0.25, 0.3) is 0 Å². The van der Waals surface area contributed by atoms with Crippen molar-refractivity contribution in [1.82, 2.24) is 10.2 Å². The van der Waals surface area contributed by atoms with E-state index >= 15 is 0 Å². The number of nitrogens with zero attached hydrogens (tertiary/aromatic N) is 1. The maximum atomic E-state index is 12.3. The molecule has 0 radical (unpaired) electrons. The molecule has 1 aromatic rings. The lowest BCUT2D eigenvalue weighted by Gasteiger charge is -2.34. The molecule has 0 bridgehead atoms. The Labute approximate surface area is 149 Å². The second kappa shape index (κ2) is 9.64. The molecule has 24 heavy (non-hydrogen) atoms. The summed E-state index contributed by atoms with van der Waals surface area (Å²) in [4.78, 5) is 25.5. The zero-order chi connectivity index (χ0) is 16.8. The third-order valence-electron chi connectivity index (χ3n) is 4.60. The second-order valence-electron chi connectivity index (χ2n) is 6.28. The van der Waals surface area contributed by atoms with Crippen molar-refractivity contribution in [2.75, 3.05) is 13.1 Å². The number of hydrogen-bond donors (Lipinski definition) is 2. The van der Waals surface area contributed by atoms with Gasteiger partial charge >= 0.3 is 5.97 Å². The topological polar surface area (TPSA) is 69.6 Å². The van der Waals surface area contributed by atoms with Gasteiger partial charge in [0.2, 0.25) is 5.91 Å². The Morgan fingerprint density at radius 1 is 1.25 bits per heavy atom. The van der Waals surface area contributed by atoms with Crippen LogP contribution in [0, 0.1) is 12.8 Å². The molecule has 5 nitrogen and oxygen atoms in total. The molecule has 0 saturated carbocycles. The van der Waals surface area contributed by atoms with Crippen molar-refractivity contribution in [1.29, 1.82) is 0 Å². The molecule has 1 fully saturated rings. The summed E-state index contributed by atoms with van der Waals surface area (Å²) in [7, 11) is 0. The third-order valence-corrected chi connectivity index (χ3v) is 4.60. The lowest BCUT2D eigenvalue weighted by atomic mass is 9.94. The summed E-state index contributed by atoms with van der Waals surface area (Å²) >= 11 is 0. The van der Waals surface area contributed by atoms with Crippen LogP contribution in [0.5, 0.6) is 0 Å². The Hall–Kier alpha value is -1.59. The molecule has 0 aliphatic carbocycles. The highest BCUT2D eigenvalue weighted by Gasteiger charge is 2.30. The van der Waals surface area contributed by atoms with Crippen molar-refractivity contribution in [3.63, 3.8) is 0 Å². The summed E-state index contributed by atoms with van der Waals surface area (Å²) in [5.74, 6) is -0.702. The van der Waals surface area contributed by atoms with Crippen LogP contribution in [0.15, 0.2) is 24.3 Å². The quantitative estimate of drug-likeness (QED) is 0.823. The molecule has 0 spiro atoms. The molecular weight excluding hydrogens is 328 g/mol. The van der Waals surface area contributed by atoms with Crippen LogP contribution in [0.1, 0.15) is 37.3 Å². The number of piperidine rings is 1. The summed E-state index contributed by atoms with van der Waals surface area (Å²) in [5.41, 5.74) is 2.30. The fourth-order valence-electron chi connectivity index (χ4n) is 3.10. The Bertz CT molecular complexity index is 540. The number of carboxylic acid groups (broad SMARTS) is 1. The zero-order valence-corrected chi connectivity index (χ0v) is 15.1. The highest BCUT2D eigenvalue weighted by atomic mass is 35.5. The summed E-state index contributed by atoms with van der Waals surface area (Å²) < 4.78 is 0. The number of aliphatic carboxylic acids is 1. The van der Waals surface area contributed by atoms with Gasteiger partial charge in [-0.25, -0.2) is 0 Å². The number of benzene rings is 1. The maximum absolute atomic E-state index is 12.3. The second-order valence-corrected chi connectivity index (χ2v) is 6.28. The van der Waals surface area contributed by atoms with Crippen molar-refractivity contribution in [2.24, 2.45) is 5.92 Å². The SMILES string of the molecule is CCC(C(=O)O)N1CCC(C(=O)NCc2ccc(C)cc2)CC1.Cl. The first-order valence-electron chi connectivity index (χ1n) is 8.31. The van der Waals surface area contributed by atoms with Gasteiger partial charge in [0, 0.05) is 12.5 Å². The number of halogens is 1. The highest BCUT2D eigenvalue weighted by molar-refractivity contribution is 5.85. The summed E-state index contributed by atoms with van der Waals surface area (Å²) in [6.45, 7) is 5.82. The lowest BCUT2D eigenvalue weighted by molar-refractivity contribution is -0.144. The average Bonchev–Trinajstić information content (AvgIpc) is 2.55.